The second-order valence-corrected chi connectivity index (χ2v) is 6.41. The van der Waals surface area contributed by atoms with Crippen LogP contribution in [0.3, 0.4) is 0 Å². The van der Waals surface area contributed by atoms with E-state index in [0.717, 1.165) is 0 Å². The number of ether oxygens (including phenoxy) is 1. The number of nitrogens with one attached hydrogen (secondary N) is 1. The number of esters is 1. The Kier molecular flexibility index (Phi) is 7.74. The Balaban J connectivity index is 4.54. The highest BCUT2D eigenvalue weighted by molar-refractivity contribution is 7.89. The Morgan fingerprint density at radius 2 is 1.75 bits per heavy atom. The lowest BCUT2D eigenvalue weighted by Gasteiger charge is -2.26. The summed E-state index contributed by atoms with van der Waals surface area (Å²) < 4.78 is 30.4. The molecule has 0 atom stereocenters. The zero-order valence-corrected chi connectivity index (χ0v) is 13.0. The largest absolute Gasteiger partial charge is 0.481 e. The van der Waals surface area contributed by atoms with Gasteiger partial charge in [-0.2, -0.15) is 0 Å². The first-order chi connectivity index (χ1) is 9.23. The first-order valence-corrected chi connectivity index (χ1v) is 8.24. The summed E-state index contributed by atoms with van der Waals surface area (Å²) >= 11 is 0. The number of carbonyl (C=O) groups is 2. The van der Waals surface area contributed by atoms with E-state index < -0.39 is 33.1 Å². The van der Waals surface area contributed by atoms with Crippen LogP contribution < -0.4 is 4.72 Å². The van der Waals surface area contributed by atoms with Gasteiger partial charge in [-0.25, -0.2) is 13.1 Å². The van der Waals surface area contributed by atoms with Crippen LogP contribution in [0.1, 0.15) is 40.0 Å². The smallest absolute Gasteiger partial charge is 0.310 e. The van der Waals surface area contributed by atoms with Crippen LogP contribution in [-0.4, -0.2) is 44.4 Å². The van der Waals surface area contributed by atoms with E-state index in [-0.39, 0.29) is 19.6 Å². The minimum Gasteiger partial charge on any atom is -0.481 e. The van der Waals surface area contributed by atoms with Gasteiger partial charge < -0.3 is 9.84 Å². The van der Waals surface area contributed by atoms with E-state index in [1.54, 1.807) is 20.8 Å². The van der Waals surface area contributed by atoms with Crippen molar-refractivity contribution in [3.8, 4) is 0 Å². The van der Waals surface area contributed by atoms with Crippen LogP contribution >= 0.6 is 0 Å². The fraction of sp³-hybridized carbons (Fsp3) is 0.833. The molecule has 0 aromatic rings. The molecule has 0 bridgehead atoms. The monoisotopic (exact) mass is 309 g/mol. The molecule has 0 spiro atoms. The number of aliphatic carboxylic acids is 1. The first kappa shape index (κ1) is 18.9. The highest BCUT2D eigenvalue weighted by Gasteiger charge is 2.35. The van der Waals surface area contributed by atoms with Crippen molar-refractivity contribution < 1.29 is 27.9 Å². The summed E-state index contributed by atoms with van der Waals surface area (Å²) in [7, 11) is -3.70. The Labute approximate surface area is 119 Å². The Hall–Kier alpha value is -1.15. The lowest BCUT2D eigenvalue weighted by Crippen LogP contribution is -2.43. The molecule has 118 valence electrons. The van der Waals surface area contributed by atoms with Gasteiger partial charge in [0.15, 0.2) is 0 Å². The fourth-order valence-electron chi connectivity index (χ4n) is 1.65. The molecule has 8 heteroatoms. The minimum absolute atomic E-state index is 0.180. The van der Waals surface area contributed by atoms with E-state index in [0.29, 0.717) is 12.8 Å². The van der Waals surface area contributed by atoms with E-state index >= 15 is 0 Å². The molecule has 0 fully saturated rings. The molecule has 0 heterocycles. The second kappa shape index (κ2) is 8.21. The highest BCUT2D eigenvalue weighted by atomic mass is 32.2. The van der Waals surface area contributed by atoms with Gasteiger partial charge in [0.2, 0.25) is 10.0 Å². The number of carboxylic acid groups (broad SMARTS) is 1. The van der Waals surface area contributed by atoms with Gasteiger partial charge in [-0.05, 0) is 19.8 Å². The molecule has 0 saturated heterocycles. The summed E-state index contributed by atoms with van der Waals surface area (Å²) in [4.78, 5) is 22.3. The highest BCUT2D eigenvalue weighted by Crippen LogP contribution is 2.25. The summed E-state index contributed by atoms with van der Waals surface area (Å²) in [6.07, 6.45) is 0.389. The Morgan fingerprint density at radius 3 is 2.15 bits per heavy atom. The van der Waals surface area contributed by atoms with Gasteiger partial charge in [0.05, 0.1) is 24.2 Å². The Bertz CT molecular complexity index is 427. The number of carboxylic acids is 1. The average molecular weight is 309 g/mol. The summed E-state index contributed by atoms with van der Waals surface area (Å²) in [6, 6.07) is 0. The fourth-order valence-corrected chi connectivity index (χ4v) is 2.73. The average Bonchev–Trinajstić information content (AvgIpc) is 2.38. The quantitative estimate of drug-likeness (QED) is 0.576. The van der Waals surface area contributed by atoms with Crippen molar-refractivity contribution in [3.63, 3.8) is 0 Å². The normalized spacial score (nSPS) is 12.2. The molecule has 0 rings (SSSR count). The van der Waals surface area contributed by atoms with Crippen LogP contribution in [-0.2, 0) is 24.3 Å². The molecule has 0 unspecified atom stereocenters. The van der Waals surface area contributed by atoms with Gasteiger partial charge in [0.1, 0.15) is 0 Å². The zero-order chi connectivity index (χ0) is 15.8. The van der Waals surface area contributed by atoms with Crippen LogP contribution in [0.25, 0.3) is 0 Å². The molecule has 0 aromatic heterocycles. The topological polar surface area (TPSA) is 110 Å². The van der Waals surface area contributed by atoms with Crippen LogP contribution in [0.2, 0.25) is 0 Å². The number of carbonyl (C=O) groups excluding carboxylic acids is 1. The van der Waals surface area contributed by atoms with Crippen molar-refractivity contribution in [2.24, 2.45) is 5.41 Å². The van der Waals surface area contributed by atoms with Crippen molar-refractivity contribution in [3.05, 3.63) is 0 Å². The first-order valence-electron chi connectivity index (χ1n) is 6.59. The van der Waals surface area contributed by atoms with Gasteiger partial charge >= 0.3 is 11.9 Å². The van der Waals surface area contributed by atoms with Gasteiger partial charge in [-0.1, -0.05) is 13.8 Å². The molecular weight excluding hydrogens is 286 g/mol. The zero-order valence-electron chi connectivity index (χ0n) is 12.1. The standard InChI is InChI=1S/C12H23NO6S/c1-4-12(5-2,11(15)16)9-13-20(17,18)8-7-10(14)19-6-3/h13H,4-9H2,1-3H3,(H,15,16). The molecule has 20 heavy (non-hydrogen) atoms. The molecule has 2 N–H and O–H groups in total. The third-order valence-electron chi connectivity index (χ3n) is 3.32. The van der Waals surface area contributed by atoms with Crippen molar-refractivity contribution in [1.29, 1.82) is 0 Å². The van der Waals surface area contributed by atoms with Crippen LogP contribution in [0, 0.1) is 5.41 Å². The van der Waals surface area contributed by atoms with E-state index in [1.807, 2.05) is 0 Å². The molecule has 0 aliphatic rings. The molecular formula is C12H23NO6S. The van der Waals surface area contributed by atoms with Crippen LogP contribution in [0.15, 0.2) is 0 Å². The van der Waals surface area contributed by atoms with Crippen LogP contribution in [0.5, 0.6) is 0 Å². The molecule has 0 amide bonds. The molecule has 0 aliphatic heterocycles. The van der Waals surface area contributed by atoms with E-state index in [1.165, 1.54) is 0 Å². The molecule has 7 nitrogen and oxygen atoms in total. The number of sulfonamides is 1. The number of hydrogen-bond donors (Lipinski definition) is 2. The minimum atomic E-state index is -3.70. The number of rotatable bonds is 10. The third kappa shape index (κ3) is 5.87. The van der Waals surface area contributed by atoms with E-state index in [9.17, 15) is 23.1 Å². The summed E-state index contributed by atoms with van der Waals surface area (Å²) in [5.74, 6) is -2.03. The Morgan fingerprint density at radius 1 is 1.20 bits per heavy atom. The second-order valence-electron chi connectivity index (χ2n) is 4.49. The van der Waals surface area contributed by atoms with Crippen molar-refractivity contribution in [1.82, 2.24) is 4.72 Å². The molecule has 0 aliphatic carbocycles. The third-order valence-corrected chi connectivity index (χ3v) is 4.64. The van der Waals surface area contributed by atoms with Gasteiger partial charge in [-0.15, -0.1) is 0 Å². The molecule has 0 radical (unpaired) electrons. The van der Waals surface area contributed by atoms with Crippen molar-refractivity contribution in [2.45, 2.75) is 40.0 Å². The van der Waals surface area contributed by atoms with E-state index in [4.69, 9.17) is 0 Å². The predicted molar refractivity (Wildman–Crippen MR) is 73.7 cm³/mol. The maximum Gasteiger partial charge on any atom is 0.310 e. The summed E-state index contributed by atoms with van der Waals surface area (Å²) in [5.41, 5.74) is -1.11. The van der Waals surface area contributed by atoms with Gasteiger partial charge in [0, 0.05) is 6.54 Å². The maximum atomic E-state index is 11.7. The SMILES string of the molecule is CCOC(=O)CCS(=O)(=O)NCC(CC)(CC)C(=O)O. The van der Waals surface area contributed by atoms with Crippen molar-refractivity contribution >= 4 is 22.0 Å². The predicted octanol–water partition coefficient (Wildman–Crippen LogP) is 0.750. The van der Waals surface area contributed by atoms with Crippen molar-refractivity contribution in [2.75, 3.05) is 18.9 Å². The lowest BCUT2D eigenvalue weighted by molar-refractivity contribution is -0.149. The maximum absolute atomic E-state index is 11.7. The summed E-state index contributed by atoms with van der Waals surface area (Å²) in [6.45, 7) is 5.05. The lowest BCUT2D eigenvalue weighted by atomic mass is 9.83. The van der Waals surface area contributed by atoms with Gasteiger partial charge in [-0.3, -0.25) is 9.59 Å². The summed E-state index contributed by atoms with van der Waals surface area (Å²) in [5, 5.41) is 9.20. The van der Waals surface area contributed by atoms with Crippen LogP contribution in [0.4, 0.5) is 0 Å². The van der Waals surface area contributed by atoms with E-state index in [2.05, 4.69) is 9.46 Å². The molecule has 0 aromatic carbocycles. The number of hydrogen-bond acceptors (Lipinski definition) is 5. The van der Waals surface area contributed by atoms with Gasteiger partial charge in [0.25, 0.3) is 0 Å². The molecule has 0 saturated carbocycles.